The Balaban J connectivity index is 1.70. The van der Waals surface area contributed by atoms with E-state index in [4.69, 9.17) is 4.74 Å². The van der Waals surface area contributed by atoms with Gasteiger partial charge in [0.1, 0.15) is 5.75 Å². The van der Waals surface area contributed by atoms with Gasteiger partial charge >= 0.3 is 0 Å². The van der Waals surface area contributed by atoms with Crippen molar-refractivity contribution in [2.24, 2.45) is 5.92 Å². The van der Waals surface area contributed by atoms with Crippen LogP contribution < -0.4 is 9.46 Å². The number of fused-ring (bicyclic) bond motifs is 1. The summed E-state index contributed by atoms with van der Waals surface area (Å²) in [7, 11) is -1.48. The molecule has 0 spiro atoms. The second-order valence-corrected chi connectivity index (χ2v) is 8.68. The quantitative estimate of drug-likeness (QED) is 0.789. The Morgan fingerprint density at radius 1 is 1.31 bits per heavy atom. The molecule has 2 aromatic rings. The van der Waals surface area contributed by atoms with Crippen molar-refractivity contribution in [2.45, 2.75) is 26.1 Å². The summed E-state index contributed by atoms with van der Waals surface area (Å²) >= 11 is 0. The molecule has 8 heteroatoms. The zero-order valence-corrected chi connectivity index (χ0v) is 16.1. The predicted molar refractivity (Wildman–Crippen MR) is 100 cm³/mol. The van der Waals surface area contributed by atoms with Gasteiger partial charge in [0.05, 0.1) is 19.1 Å². The van der Waals surface area contributed by atoms with Gasteiger partial charge in [0.15, 0.2) is 0 Å². The highest BCUT2D eigenvalue weighted by atomic mass is 32.2. The summed E-state index contributed by atoms with van der Waals surface area (Å²) in [6, 6.07) is 10.2. The van der Waals surface area contributed by atoms with Crippen LogP contribution in [-0.4, -0.2) is 49.6 Å². The number of nitrogens with one attached hydrogen (secondary N) is 1. The lowest BCUT2D eigenvalue weighted by molar-refractivity contribution is 0.215. The largest absolute Gasteiger partial charge is 0.497 e. The summed E-state index contributed by atoms with van der Waals surface area (Å²) in [6.45, 7) is 3.80. The molecule has 0 fully saturated rings. The molecule has 7 nitrogen and oxygen atoms in total. The second-order valence-electron chi connectivity index (χ2n) is 6.85. The molecule has 0 aliphatic carbocycles. The van der Waals surface area contributed by atoms with Crippen LogP contribution in [0, 0.1) is 5.92 Å². The zero-order chi connectivity index (χ0) is 18.6. The molecule has 26 heavy (non-hydrogen) atoms. The van der Waals surface area contributed by atoms with Crippen molar-refractivity contribution in [1.82, 2.24) is 19.4 Å². The van der Waals surface area contributed by atoms with E-state index in [1.165, 1.54) is 17.5 Å². The van der Waals surface area contributed by atoms with Gasteiger partial charge in [-0.3, -0.25) is 9.58 Å². The maximum Gasteiger partial charge on any atom is 0.208 e. The van der Waals surface area contributed by atoms with Gasteiger partial charge in [-0.15, -0.1) is 0 Å². The number of rotatable bonds is 7. The Kier molecular flexibility index (Phi) is 5.95. The van der Waals surface area contributed by atoms with Crippen molar-refractivity contribution < 1.29 is 13.2 Å². The molecule has 1 atom stereocenters. The minimum atomic E-state index is -3.15. The lowest BCUT2D eigenvalue weighted by Crippen LogP contribution is -2.31. The van der Waals surface area contributed by atoms with E-state index in [0.29, 0.717) is 12.5 Å². The number of ether oxygens (including phenoxy) is 1. The fraction of sp³-hybridized carbons (Fsp3) is 0.500. The molecule has 0 amide bonds. The van der Waals surface area contributed by atoms with E-state index < -0.39 is 10.0 Å². The molecule has 1 aliphatic rings. The molecule has 0 unspecified atom stereocenters. The van der Waals surface area contributed by atoms with E-state index in [0.717, 1.165) is 38.3 Å². The third-order valence-electron chi connectivity index (χ3n) is 4.59. The second kappa shape index (κ2) is 8.20. The SMILES string of the molecule is COc1cccc(CN2Cc3ccnn3C[C@H](CCNS(C)(=O)=O)C2)c1. The topological polar surface area (TPSA) is 76.5 Å². The monoisotopic (exact) mass is 378 g/mol. The van der Waals surface area contributed by atoms with Crippen LogP contribution in [0.5, 0.6) is 5.75 Å². The first-order chi connectivity index (χ1) is 12.4. The van der Waals surface area contributed by atoms with Gasteiger partial charge in [-0.25, -0.2) is 13.1 Å². The molecular weight excluding hydrogens is 352 g/mol. The van der Waals surface area contributed by atoms with Gasteiger partial charge in [0.25, 0.3) is 0 Å². The van der Waals surface area contributed by atoms with E-state index in [1.807, 2.05) is 23.0 Å². The molecule has 1 aromatic heterocycles. The van der Waals surface area contributed by atoms with Crippen LogP contribution in [0.1, 0.15) is 17.7 Å². The standard InChI is InChI=1S/C18H26N4O3S/c1-25-18-5-3-4-15(10-18)11-21-12-16(6-9-20-26(2,23)24)13-22-17(14-21)7-8-19-22/h3-5,7-8,10,16,20H,6,9,11-14H2,1-2H3/t16-/m1/s1. The van der Waals surface area contributed by atoms with Crippen molar-refractivity contribution in [3.8, 4) is 5.75 Å². The van der Waals surface area contributed by atoms with Gasteiger partial charge in [0.2, 0.25) is 10.0 Å². The highest BCUT2D eigenvalue weighted by Crippen LogP contribution is 2.21. The number of hydrogen-bond donors (Lipinski definition) is 1. The van der Waals surface area contributed by atoms with Gasteiger partial charge in [-0.05, 0) is 36.1 Å². The van der Waals surface area contributed by atoms with Gasteiger partial charge < -0.3 is 4.74 Å². The Labute approximate surface area is 155 Å². The summed E-state index contributed by atoms with van der Waals surface area (Å²) in [5.74, 6) is 1.19. The smallest absolute Gasteiger partial charge is 0.208 e. The van der Waals surface area contributed by atoms with Crippen LogP contribution >= 0.6 is 0 Å². The lowest BCUT2D eigenvalue weighted by Gasteiger charge is -2.24. The van der Waals surface area contributed by atoms with Crippen LogP contribution in [0.2, 0.25) is 0 Å². The Morgan fingerprint density at radius 3 is 2.92 bits per heavy atom. The van der Waals surface area contributed by atoms with Crippen LogP contribution in [0.15, 0.2) is 36.5 Å². The molecule has 0 saturated heterocycles. The number of nitrogens with zero attached hydrogens (tertiary/aromatic N) is 3. The van der Waals surface area contributed by atoms with Crippen molar-refractivity contribution in [3.63, 3.8) is 0 Å². The average molecular weight is 378 g/mol. The third-order valence-corrected chi connectivity index (χ3v) is 5.32. The van der Waals surface area contributed by atoms with Crippen LogP contribution in [-0.2, 0) is 29.7 Å². The third kappa shape index (κ3) is 5.30. The minimum Gasteiger partial charge on any atom is -0.497 e. The van der Waals surface area contributed by atoms with Crippen LogP contribution in [0.25, 0.3) is 0 Å². The van der Waals surface area contributed by atoms with Gasteiger partial charge in [-0.1, -0.05) is 12.1 Å². The summed E-state index contributed by atoms with van der Waals surface area (Å²) in [6.07, 6.45) is 3.80. The maximum absolute atomic E-state index is 11.3. The Bertz CT molecular complexity index is 834. The highest BCUT2D eigenvalue weighted by Gasteiger charge is 2.22. The number of methoxy groups -OCH3 is 1. The van der Waals surface area contributed by atoms with E-state index >= 15 is 0 Å². The molecule has 2 heterocycles. The van der Waals surface area contributed by atoms with E-state index in [9.17, 15) is 8.42 Å². The summed E-state index contributed by atoms with van der Waals surface area (Å²) in [5, 5.41) is 4.42. The Morgan fingerprint density at radius 2 is 2.15 bits per heavy atom. The number of sulfonamides is 1. The minimum absolute atomic E-state index is 0.330. The number of hydrogen-bond acceptors (Lipinski definition) is 5. The molecule has 1 aromatic carbocycles. The van der Waals surface area contributed by atoms with Crippen LogP contribution in [0.4, 0.5) is 0 Å². The van der Waals surface area contributed by atoms with Crippen molar-refractivity contribution in [2.75, 3.05) is 26.5 Å². The first-order valence-corrected chi connectivity index (χ1v) is 10.6. The molecule has 0 radical (unpaired) electrons. The van der Waals surface area contributed by atoms with Crippen molar-refractivity contribution in [1.29, 1.82) is 0 Å². The summed E-state index contributed by atoms with van der Waals surface area (Å²) < 4.78 is 32.6. The Hall–Kier alpha value is -1.90. The predicted octanol–water partition coefficient (Wildman–Crippen LogP) is 1.46. The van der Waals surface area contributed by atoms with Crippen molar-refractivity contribution in [3.05, 3.63) is 47.8 Å². The zero-order valence-electron chi connectivity index (χ0n) is 15.3. The maximum atomic E-state index is 11.3. The van der Waals surface area contributed by atoms with Crippen molar-refractivity contribution >= 4 is 10.0 Å². The molecular formula is C18H26N4O3S. The molecule has 0 saturated carbocycles. The molecule has 0 bridgehead atoms. The van der Waals surface area contributed by atoms with Gasteiger partial charge in [-0.2, -0.15) is 5.10 Å². The highest BCUT2D eigenvalue weighted by molar-refractivity contribution is 7.88. The lowest BCUT2D eigenvalue weighted by atomic mass is 10.1. The van der Waals surface area contributed by atoms with E-state index in [1.54, 1.807) is 7.11 Å². The fourth-order valence-electron chi connectivity index (χ4n) is 3.40. The number of aromatic nitrogens is 2. The number of benzene rings is 1. The molecule has 3 rings (SSSR count). The van der Waals surface area contributed by atoms with Crippen LogP contribution in [0.3, 0.4) is 0 Å². The first-order valence-electron chi connectivity index (χ1n) is 8.73. The summed E-state index contributed by atoms with van der Waals surface area (Å²) in [5.41, 5.74) is 2.39. The first kappa shape index (κ1) is 18.9. The molecule has 142 valence electrons. The molecule has 1 N–H and O–H groups in total. The van der Waals surface area contributed by atoms with Gasteiger partial charge in [0, 0.05) is 38.9 Å². The summed E-state index contributed by atoms with van der Waals surface area (Å²) in [4.78, 5) is 2.39. The average Bonchev–Trinajstić information content (AvgIpc) is 2.93. The van der Waals surface area contributed by atoms with E-state index in [2.05, 4.69) is 32.9 Å². The molecule has 1 aliphatic heterocycles. The fourth-order valence-corrected chi connectivity index (χ4v) is 3.89. The normalized spacial score (nSPS) is 18.3. The van der Waals surface area contributed by atoms with E-state index in [-0.39, 0.29) is 0 Å².